The summed E-state index contributed by atoms with van der Waals surface area (Å²) in [4.78, 5) is 13.9. The van der Waals surface area contributed by atoms with Gasteiger partial charge in [0.1, 0.15) is 0 Å². The van der Waals surface area contributed by atoms with Gasteiger partial charge < -0.3 is 9.90 Å². The van der Waals surface area contributed by atoms with Gasteiger partial charge in [-0.15, -0.1) is 23.1 Å². The maximum absolute atomic E-state index is 10.8. The molecule has 1 aromatic carbocycles. The molecule has 0 N–H and O–H groups in total. The summed E-state index contributed by atoms with van der Waals surface area (Å²) in [6.45, 7) is 6.90. The van der Waals surface area contributed by atoms with E-state index in [4.69, 9.17) is 0 Å². The minimum Gasteiger partial charge on any atom is -0.550 e. The molecule has 0 amide bonds. The van der Waals surface area contributed by atoms with Crippen LogP contribution >= 0.6 is 23.1 Å². The Morgan fingerprint density at radius 2 is 2.00 bits per heavy atom. The van der Waals surface area contributed by atoms with Gasteiger partial charge in [0.25, 0.3) is 0 Å². The Balaban J connectivity index is 1.91. The van der Waals surface area contributed by atoms with Crippen molar-refractivity contribution in [2.75, 3.05) is 5.75 Å². The van der Waals surface area contributed by atoms with Crippen LogP contribution in [0.4, 0.5) is 0 Å². The normalized spacial score (nSPS) is 14.7. The van der Waals surface area contributed by atoms with E-state index < -0.39 is 5.97 Å². The molecule has 29 heavy (non-hydrogen) atoms. The molecule has 1 aromatic heterocycles. The third kappa shape index (κ3) is 5.90. The Bertz CT molecular complexity index is 928. The van der Waals surface area contributed by atoms with E-state index in [2.05, 4.69) is 44.7 Å². The van der Waals surface area contributed by atoms with E-state index in [0.29, 0.717) is 0 Å². The molecule has 1 aliphatic heterocycles. The van der Waals surface area contributed by atoms with E-state index in [1.165, 1.54) is 65.2 Å². The highest BCUT2D eigenvalue weighted by Gasteiger charge is 2.28. The molecule has 0 saturated carbocycles. The molecule has 0 bridgehead atoms. The summed E-state index contributed by atoms with van der Waals surface area (Å²) in [6.07, 6.45) is 7.20. The molecule has 2 heterocycles. The van der Waals surface area contributed by atoms with Crippen LogP contribution in [0.25, 0.3) is 0 Å². The zero-order valence-electron chi connectivity index (χ0n) is 17.6. The zero-order chi connectivity index (χ0) is 20.9. The molecule has 0 unspecified atom stereocenters. The monoisotopic (exact) mass is 425 g/mol. The number of hydrogen-bond donors (Lipinski definition) is 0. The largest absolute Gasteiger partial charge is 0.550 e. The van der Waals surface area contributed by atoms with Crippen molar-refractivity contribution in [1.82, 2.24) is 0 Å². The molecule has 0 aliphatic carbocycles. The van der Waals surface area contributed by atoms with Crippen LogP contribution in [0.5, 0.6) is 0 Å². The SMILES string of the molecule is CCCCCCc1cc2c(cc1C#Cc1ccc(CC(=O)[O-])s1)C(C)(C)CCS2. The van der Waals surface area contributed by atoms with Gasteiger partial charge in [-0.3, -0.25) is 0 Å². The van der Waals surface area contributed by atoms with Gasteiger partial charge in [-0.05, 0) is 65.8 Å². The number of unbranched alkanes of at least 4 members (excludes halogenated alkanes) is 3. The van der Waals surface area contributed by atoms with Gasteiger partial charge in [0.15, 0.2) is 0 Å². The number of aliphatic carboxylic acids is 1. The molecule has 0 fully saturated rings. The predicted molar refractivity (Wildman–Crippen MR) is 122 cm³/mol. The average molecular weight is 426 g/mol. The molecule has 0 spiro atoms. The number of benzene rings is 1. The lowest BCUT2D eigenvalue weighted by Gasteiger charge is -2.32. The Morgan fingerprint density at radius 1 is 1.17 bits per heavy atom. The number of aryl methyl sites for hydroxylation is 1. The summed E-state index contributed by atoms with van der Waals surface area (Å²) in [5.74, 6) is 6.82. The molecular formula is C25H29O2S2-. The fraction of sp³-hybridized carbons (Fsp3) is 0.480. The summed E-state index contributed by atoms with van der Waals surface area (Å²) >= 11 is 3.41. The molecule has 4 heteroatoms. The van der Waals surface area contributed by atoms with Gasteiger partial charge in [-0.1, -0.05) is 51.9 Å². The quantitative estimate of drug-likeness (QED) is 0.444. The van der Waals surface area contributed by atoms with Gasteiger partial charge in [-0.25, -0.2) is 0 Å². The highest BCUT2D eigenvalue weighted by molar-refractivity contribution is 7.99. The van der Waals surface area contributed by atoms with Crippen LogP contribution in [0, 0.1) is 11.8 Å². The number of rotatable bonds is 7. The van der Waals surface area contributed by atoms with E-state index in [0.717, 1.165) is 21.7 Å². The standard InChI is InChI=1S/C25H30O2S2/c1-4-5-6-7-8-18-16-23-22(25(2,3)13-14-28-23)15-19(18)9-10-20-11-12-21(29-20)17-24(26)27/h11-12,15-16H,4-8,13-14,17H2,1-3H3,(H,26,27)/p-1. The number of carbonyl (C=O) groups is 1. The van der Waals surface area contributed by atoms with E-state index >= 15 is 0 Å². The van der Waals surface area contributed by atoms with Gasteiger partial charge >= 0.3 is 0 Å². The third-order valence-corrected chi connectivity index (χ3v) is 7.58. The van der Waals surface area contributed by atoms with Gasteiger partial charge in [0.05, 0.1) is 4.88 Å². The summed E-state index contributed by atoms with van der Waals surface area (Å²) in [5.41, 5.74) is 4.08. The smallest absolute Gasteiger partial charge is 0.0775 e. The first-order valence-corrected chi connectivity index (χ1v) is 12.3. The summed E-state index contributed by atoms with van der Waals surface area (Å²) in [6, 6.07) is 8.45. The van der Waals surface area contributed by atoms with Gasteiger partial charge in [-0.2, -0.15) is 0 Å². The van der Waals surface area contributed by atoms with Gasteiger partial charge in [0, 0.05) is 27.7 Å². The van der Waals surface area contributed by atoms with Crippen molar-refractivity contribution in [2.24, 2.45) is 0 Å². The molecule has 2 nitrogen and oxygen atoms in total. The van der Waals surface area contributed by atoms with Crippen molar-refractivity contribution in [3.8, 4) is 11.8 Å². The number of carbonyl (C=O) groups excluding carboxylic acids is 1. The van der Waals surface area contributed by atoms with Crippen LogP contribution < -0.4 is 5.11 Å². The molecule has 1 aliphatic rings. The number of fused-ring (bicyclic) bond motifs is 1. The predicted octanol–water partition coefficient (Wildman–Crippen LogP) is 5.34. The fourth-order valence-corrected chi connectivity index (χ4v) is 6.09. The maximum Gasteiger partial charge on any atom is 0.0775 e. The first kappa shape index (κ1) is 22.0. The second-order valence-corrected chi connectivity index (χ2v) is 10.7. The van der Waals surface area contributed by atoms with E-state index in [-0.39, 0.29) is 11.8 Å². The van der Waals surface area contributed by atoms with Crippen LogP contribution in [-0.2, 0) is 23.1 Å². The minimum atomic E-state index is -1.05. The third-order valence-electron chi connectivity index (χ3n) is 5.52. The number of carboxylic acids is 1. The maximum atomic E-state index is 10.8. The first-order chi connectivity index (χ1) is 13.9. The second-order valence-electron chi connectivity index (χ2n) is 8.36. The van der Waals surface area contributed by atoms with Crippen molar-refractivity contribution in [1.29, 1.82) is 0 Å². The van der Waals surface area contributed by atoms with Crippen LogP contribution in [0.3, 0.4) is 0 Å². The summed E-state index contributed by atoms with van der Waals surface area (Å²) in [5, 5.41) is 10.8. The molecule has 154 valence electrons. The van der Waals surface area contributed by atoms with E-state index in [9.17, 15) is 9.90 Å². The van der Waals surface area contributed by atoms with E-state index in [1.807, 2.05) is 23.9 Å². The molecular weight excluding hydrogens is 396 g/mol. The Labute approximate surface area is 183 Å². The van der Waals surface area contributed by atoms with Crippen LogP contribution in [0.2, 0.25) is 0 Å². The number of carboxylic acid groups (broad SMARTS) is 1. The fourth-order valence-electron chi connectivity index (χ4n) is 3.70. The summed E-state index contributed by atoms with van der Waals surface area (Å²) < 4.78 is 0. The Hall–Kier alpha value is -1.70. The Kier molecular flexibility index (Phi) is 7.49. The number of thioether (sulfide) groups is 1. The summed E-state index contributed by atoms with van der Waals surface area (Å²) in [7, 11) is 0. The van der Waals surface area contributed by atoms with Crippen molar-refractivity contribution in [3.05, 3.63) is 50.7 Å². The van der Waals surface area contributed by atoms with Crippen LogP contribution in [-0.4, -0.2) is 11.7 Å². The van der Waals surface area contributed by atoms with Crippen molar-refractivity contribution in [3.63, 3.8) is 0 Å². The lowest BCUT2D eigenvalue weighted by molar-refractivity contribution is -0.304. The lowest BCUT2D eigenvalue weighted by atomic mass is 9.80. The van der Waals surface area contributed by atoms with E-state index in [1.54, 1.807) is 0 Å². The highest BCUT2D eigenvalue weighted by atomic mass is 32.2. The van der Waals surface area contributed by atoms with Gasteiger partial charge in [0.2, 0.25) is 0 Å². The van der Waals surface area contributed by atoms with Crippen LogP contribution in [0.15, 0.2) is 29.2 Å². The average Bonchev–Trinajstić information content (AvgIpc) is 3.10. The number of hydrogen-bond acceptors (Lipinski definition) is 4. The molecule has 0 saturated heterocycles. The van der Waals surface area contributed by atoms with Crippen molar-refractivity contribution < 1.29 is 9.90 Å². The highest BCUT2D eigenvalue weighted by Crippen LogP contribution is 2.42. The topological polar surface area (TPSA) is 40.1 Å². The molecule has 0 radical (unpaired) electrons. The Morgan fingerprint density at radius 3 is 2.76 bits per heavy atom. The molecule has 2 aromatic rings. The lowest BCUT2D eigenvalue weighted by Crippen LogP contribution is -2.23. The van der Waals surface area contributed by atoms with Crippen LogP contribution in [0.1, 0.15) is 79.3 Å². The second kappa shape index (κ2) is 9.87. The molecule has 3 rings (SSSR count). The first-order valence-electron chi connectivity index (χ1n) is 10.5. The number of thiophene rings is 1. The van der Waals surface area contributed by atoms with Crippen molar-refractivity contribution in [2.45, 2.75) is 76.0 Å². The zero-order valence-corrected chi connectivity index (χ0v) is 19.2. The molecule has 0 atom stereocenters. The minimum absolute atomic E-state index is 0.0424. The van der Waals surface area contributed by atoms with Crippen molar-refractivity contribution >= 4 is 29.1 Å².